The zero-order valence-corrected chi connectivity index (χ0v) is 15.6. The first-order valence-electron chi connectivity index (χ1n) is 7.54. The molecule has 0 N–H and O–H groups in total. The molecule has 0 fully saturated rings. The van der Waals surface area contributed by atoms with Crippen molar-refractivity contribution in [2.45, 2.75) is 6.42 Å². The summed E-state index contributed by atoms with van der Waals surface area (Å²) in [5.74, 6) is 1.97. The molecule has 3 rings (SSSR count). The van der Waals surface area contributed by atoms with Gasteiger partial charge < -0.3 is 0 Å². The number of ether oxygens (including phenoxy) is 3. The fraction of sp³-hybridized carbons (Fsp3) is 0.211. The molecule has 0 aliphatic heterocycles. The molecule has 0 amide bonds. The molecule has 0 bridgehead atoms. The van der Waals surface area contributed by atoms with Crippen molar-refractivity contribution in [2.75, 3.05) is 21.3 Å². The number of hydrogen-bond donors (Lipinski definition) is 0. The Balaban J connectivity index is 1.88. The Kier molecular flexibility index (Phi) is 5.24. The van der Waals surface area contributed by atoms with Crippen LogP contribution in [0.3, 0.4) is 0 Å². The molecular weight excluding hydrogens is 369 g/mol. The zero-order valence-electron chi connectivity index (χ0n) is 13.9. The Morgan fingerprint density at radius 3 is 2.17 bits per heavy atom. The van der Waals surface area contributed by atoms with Crippen molar-refractivity contribution in [1.82, 2.24) is 4.98 Å². The van der Waals surface area contributed by atoms with E-state index in [-0.39, 0.29) is 14.5 Å². The van der Waals surface area contributed by atoms with Crippen molar-refractivity contribution < 1.29 is 14.2 Å². The van der Waals surface area contributed by atoms with Crippen LogP contribution in [0.15, 0.2) is 47.4 Å². The molecule has 1 aromatic heterocycles. The van der Waals surface area contributed by atoms with Crippen LogP contribution in [0.25, 0.3) is 11.3 Å². The van der Waals surface area contributed by atoms with Gasteiger partial charge in [0, 0.05) is 0 Å². The quantitative estimate of drug-likeness (QED) is 0.607. The molecule has 0 spiro atoms. The van der Waals surface area contributed by atoms with Gasteiger partial charge in [-0.25, -0.2) is 0 Å². The molecule has 1 heterocycles. The summed E-state index contributed by atoms with van der Waals surface area (Å²) >= 11 is 0.269. The third-order valence-electron chi connectivity index (χ3n) is 3.70. The Morgan fingerprint density at radius 2 is 1.58 bits per heavy atom. The number of nitrogens with zero attached hydrogens (tertiary/aromatic N) is 1. The van der Waals surface area contributed by atoms with Gasteiger partial charge in [0.15, 0.2) is 0 Å². The van der Waals surface area contributed by atoms with E-state index < -0.39 is 0 Å². The zero-order chi connectivity index (χ0) is 16.9. The van der Waals surface area contributed by atoms with Gasteiger partial charge in [-0.3, -0.25) is 0 Å². The first kappa shape index (κ1) is 16.6. The molecule has 0 aliphatic rings. The van der Waals surface area contributed by atoms with Crippen LogP contribution in [0.1, 0.15) is 10.1 Å². The number of aromatic nitrogens is 1. The van der Waals surface area contributed by atoms with Crippen LogP contribution in [-0.4, -0.2) is 40.8 Å². The minimum atomic E-state index is 0.269. The molecule has 4 nitrogen and oxygen atoms in total. The summed E-state index contributed by atoms with van der Waals surface area (Å²) < 4.78 is 17.4. The number of hydrogen-bond acceptors (Lipinski definition) is 4. The van der Waals surface area contributed by atoms with Crippen LogP contribution in [0.4, 0.5) is 0 Å². The maximum absolute atomic E-state index is 5.42. The molecule has 2 aromatic carbocycles. The minimum absolute atomic E-state index is 0.269. The summed E-state index contributed by atoms with van der Waals surface area (Å²) in [6, 6.07) is 14.2. The van der Waals surface area contributed by atoms with E-state index in [1.165, 1.54) is 10.1 Å². The average Bonchev–Trinajstić information content (AvgIpc) is 3.10. The van der Waals surface area contributed by atoms with Crippen molar-refractivity contribution in [3.63, 3.8) is 0 Å². The number of rotatable bonds is 6. The molecule has 0 saturated heterocycles. The predicted octanol–water partition coefficient (Wildman–Crippen LogP) is 3.42. The van der Waals surface area contributed by atoms with Gasteiger partial charge in [0.1, 0.15) is 0 Å². The molecule has 3 aromatic rings. The van der Waals surface area contributed by atoms with Crippen molar-refractivity contribution >= 4 is 14.5 Å². The predicted molar refractivity (Wildman–Crippen MR) is 95.5 cm³/mol. The summed E-state index contributed by atoms with van der Waals surface area (Å²) in [6.45, 7) is 0. The van der Waals surface area contributed by atoms with Crippen LogP contribution < -0.4 is 14.2 Å². The van der Waals surface area contributed by atoms with Crippen LogP contribution in [-0.2, 0) is 6.42 Å². The fourth-order valence-electron chi connectivity index (χ4n) is 2.55. The summed E-state index contributed by atoms with van der Waals surface area (Å²) in [4.78, 5) is 7.03. The molecular formula is C19H19NO3Se. The summed E-state index contributed by atoms with van der Waals surface area (Å²) in [6.07, 6.45) is 0.781. The Hall–Kier alpha value is -2.23. The van der Waals surface area contributed by atoms with E-state index in [2.05, 4.69) is 17.1 Å². The summed E-state index contributed by atoms with van der Waals surface area (Å²) in [5.41, 5.74) is 3.34. The molecule has 0 unspecified atom stereocenters. The maximum atomic E-state index is 5.42. The van der Waals surface area contributed by atoms with E-state index in [1.807, 2.05) is 30.3 Å². The number of benzene rings is 2. The molecule has 124 valence electrons. The van der Waals surface area contributed by atoms with Crippen molar-refractivity contribution in [3.8, 4) is 28.5 Å². The fourth-order valence-corrected chi connectivity index (χ4v) is 4.30. The molecule has 0 aliphatic carbocycles. The van der Waals surface area contributed by atoms with Gasteiger partial charge >= 0.3 is 147 Å². The Bertz CT molecular complexity index is 789. The second-order valence-corrected chi connectivity index (χ2v) is 7.18. The molecule has 0 saturated carbocycles. The van der Waals surface area contributed by atoms with Gasteiger partial charge in [-0.1, -0.05) is 0 Å². The van der Waals surface area contributed by atoms with E-state index in [9.17, 15) is 0 Å². The SMILES string of the molecule is COc1cc(Cc2nc(-c3ccccc3)c[se]2)cc(OC)c1OC. The topological polar surface area (TPSA) is 40.6 Å². The molecule has 24 heavy (non-hydrogen) atoms. The average molecular weight is 388 g/mol. The first-order chi connectivity index (χ1) is 11.7. The van der Waals surface area contributed by atoms with Gasteiger partial charge in [-0.15, -0.1) is 0 Å². The van der Waals surface area contributed by atoms with Crippen molar-refractivity contribution in [1.29, 1.82) is 0 Å². The third-order valence-corrected chi connectivity index (χ3v) is 5.48. The summed E-state index contributed by atoms with van der Waals surface area (Å²) in [7, 11) is 4.88. The van der Waals surface area contributed by atoms with Crippen LogP contribution >= 0.6 is 0 Å². The van der Waals surface area contributed by atoms with Crippen molar-refractivity contribution in [3.05, 3.63) is 57.5 Å². The molecule has 0 radical (unpaired) electrons. The van der Waals surface area contributed by atoms with E-state index in [4.69, 9.17) is 19.2 Å². The Morgan fingerprint density at radius 1 is 0.917 bits per heavy atom. The van der Waals surface area contributed by atoms with Gasteiger partial charge in [0.2, 0.25) is 0 Å². The monoisotopic (exact) mass is 389 g/mol. The standard InChI is InChI=1S/C19H19NO3Se/c1-21-16-9-13(10-17(22-2)19(16)23-3)11-18-20-15(12-24-18)14-7-5-4-6-8-14/h4-10,12H,11H2,1-3H3. The Labute approximate surface area is 147 Å². The number of methoxy groups -OCH3 is 3. The van der Waals surface area contributed by atoms with E-state index in [0.29, 0.717) is 17.2 Å². The third kappa shape index (κ3) is 3.47. The van der Waals surface area contributed by atoms with Gasteiger partial charge in [-0.2, -0.15) is 0 Å². The van der Waals surface area contributed by atoms with Crippen LogP contribution in [0.5, 0.6) is 17.2 Å². The summed E-state index contributed by atoms with van der Waals surface area (Å²) in [5, 5.41) is 0. The van der Waals surface area contributed by atoms with Crippen molar-refractivity contribution in [2.24, 2.45) is 0 Å². The first-order valence-corrected chi connectivity index (χ1v) is 9.38. The van der Waals surface area contributed by atoms with E-state index in [0.717, 1.165) is 17.7 Å². The van der Waals surface area contributed by atoms with Gasteiger partial charge in [0.05, 0.1) is 0 Å². The van der Waals surface area contributed by atoms with E-state index >= 15 is 0 Å². The molecule has 0 atom stereocenters. The second-order valence-electron chi connectivity index (χ2n) is 5.20. The van der Waals surface area contributed by atoms with Crippen LogP contribution in [0, 0.1) is 0 Å². The van der Waals surface area contributed by atoms with E-state index in [1.54, 1.807) is 21.3 Å². The van der Waals surface area contributed by atoms with Gasteiger partial charge in [-0.05, 0) is 0 Å². The second kappa shape index (κ2) is 7.56. The van der Waals surface area contributed by atoms with Crippen LogP contribution in [0.2, 0.25) is 0 Å². The molecule has 5 heteroatoms. The van der Waals surface area contributed by atoms with Gasteiger partial charge in [0.25, 0.3) is 0 Å². The normalized spacial score (nSPS) is 10.5.